The van der Waals surface area contributed by atoms with Crippen LogP contribution in [-0.2, 0) is 9.53 Å². The first-order chi connectivity index (χ1) is 7.16. The lowest BCUT2D eigenvalue weighted by Crippen LogP contribution is -2.55. The molecule has 0 aromatic carbocycles. The van der Waals surface area contributed by atoms with E-state index in [9.17, 15) is 4.79 Å². The lowest BCUT2D eigenvalue weighted by atomic mass is 9.77. The molecule has 1 heterocycles. The number of nitrogens with one attached hydrogen (secondary N) is 1. The molecule has 1 saturated carbocycles. The summed E-state index contributed by atoms with van der Waals surface area (Å²) in [6.45, 7) is 3.62. The highest BCUT2D eigenvalue weighted by Crippen LogP contribution is 2.33. The summed E-state index contributed by atoms with van der Waals surface area (Å²) in [7, 11) is 0. The Balaban J connectivity index is 1.95. The minimum absolute atomic E-state index is 0.0850. The van der Waals surface area contributed by atoms with Crippen molar-refractivity contribution in [2.24, 2.45) is 5.92 Å². The van der Waals surface area contributed by atoms with Gasteiger partial charge in [0.2, 0.25) is 0 Å². The molecule has 0 bridgehead atoms. The van der Waals surface area contributed by atoms with E-state index in [0.717, 1.165) is 12.3 Å². The topological polar surface area (TPSA) is 38.3 Å². The monoisotopic (exact) mass is 211 g/mol. The number of fused-ring (bicyclic) bond motifs is 1. The average Bonchev–Trinajstić information content (AvgIpc) is 2.18. The lowest BCUT2D eigenvalue weighted by Gasteiger charge is -2.43. The van der Waals surface area contributed by atoms with Crippen molar-refractivity contribution >= 4 is 5.97 Å². The van der Waals surface area contributed by atoms with E-state index in [2.05, 4.69) is 12.2 Å². The summed E-state index contributed by atoms with van der Waals surface area (Å²) in [5, 5.41) is 3.60. The molecule has 0 spiro atoms. The molecule has 0 radical (unpaired) electrons. The Bertz CT molecular complexity index is 242. The number of esters is 1. The average molecular weight is 211 g/mol. The summed E-state index contributed by atoms with van der Waals surface area (Å²) in [5.74, 6) is 0.571. The first-order valence-electron chi connectivity index (χ1n) is 6.10. The molecule has 1 aliphatic carbocycles. The Morgan fingerprint density at radius 1 is 1.33 bits per heavy atom. The van der Waals surface area contributed by atoms with Gasteiger partial charge < -0.3 is 10.1 Å². The van der Waals surface area contributed by atoms with Crippen LogP contribution in [-0.4, -0.2) is 24.2 Å². The number of carbonyl (C=O) groups excluding carboxylic acids is 1. The van der Waals surface area contributed by atoms with Crippen LogP contribution in [0, 0.1) is 5.92 Å². The summed E-state index contributed by atoms with van der Waals surface area (Å²) in [6.07, 6.45) is 6.41. The zero-order chi connectivity index (χ0) is 10.8. The molecule has 86 valence electrons. The van der Waals surface area contributed by atoms with Crippen molar-refractivity contribution in [1.29, 1.82) is 0 Å². The van der Waals surface area contributed by atoms with Gasteiger partial charge in [0, 0.05) is 19.0 Å². The van der Waals surface area contributed by atoms with Crippen LogP contribution in [0.2, 0.25) is 0 Å². The highest BCUT2D eigenvalue weighted by Gasteiger charge is 2.37. The van der Waals surface area contributed by atoms with Crippen molar-refractivity contribution in [3.8, 4) is 0 Å². The Labute approximate surface area is 91.6 Å². The van der Waals surface area contributed by atoms with E-state index < -0.39 is 0 Å². The van der Waals surface area contributed by atoms with Gasteiger partial charge in [-0.25, -0.2) is 0 Å². The molecule has 4 atom stereocenters. The number of hydrogen-bond acceptors (Lipinski definition) is 3. The van der Waals surface area contributed by atoms with E-state index in [-0.39, 0.29) is 12.1 Å². The molecule has 1 N–H and O–H groups in total. The van der Waals surface area contributed by atoms with E-state index in [0.29, 0.717) is 12.1 Å². The minimum atomic E-state index is -0.150. The number of ether oxygens (including phenoxy) is 1. The van der Waals surface area contributed by atoms with Crippen molar-refractivity contribution in [2.75, 3.05) is 0 Å². The van der Waals surface area contributed by atoms with E-state index in [1.54, 1.807) is 0 Å². The maximum absolute atomic E-state index is 11.0. The van der Waals surface area contributed by atoms with Gasteiger partial charge in [0.25, 0.3) is 0 Å². The van der Waals surface area contributed by atoms with Crippen LogP contribution in [0.25, 0.3) is 0 Å². The predicted molar refractivity (Wildman–Crippen MR) is 58.5 cm³/mol. The molecule has 2 fully saturated rings. The van der Waals surface area contributed by atoms with Crippen molar-refractivity contribution in [3.63, 3.8) is 0 Å². The molecule has 1 aliphatic heterocycles. The molecular weight excluding hydrogens is 190 g/mol. The molecule has 0 aromatic heterocycles. The van der Waals surface area contributed by atoms with Gasteiger partial charge in [0.1, 0.15) is 6.10 Å². The van der Waals surface area contributed by atoms with Gasteiger partial charge in [-0.15, -0.1) is 0 Å². The maximum atomic E-state index is 11.0. The van der Waals surface area contributed by atoms with Gasteiger partial charge in [0.15, 0.2) is 0 Å². The summed E-state index contributed by atoms with van der Waals surface area (Å²) >= 11 is 0. The van der Waals surface area contributed by atoms with Gasteiger partial charge in [-0.1, -0.05) is 12.8 Å². The third kappa shape index (κ3) is 2.51. The molecule has 3 nitrogen and oxygen atoms in total. The van der Waals surface area contributed by atoms with E-state index in [4.69, 9.17) is 4.74 Å². The van der Waals surface area contributed by atoms with Gasteiger partial charge in [-0.3, -0.25) is 4.79 Å². The minimum Gasteiger partial charge on any atom is -0.461 e. The van der Waals surface area contributed by atoms with E-state index in [1.807, 2.05) is 0 Å². The molecule has 1 saturated heterocycles. The van der Waals surface area contributed by atoms with Crippen LogP contribution in [0.4, 0.5) is 0 Å². The van der Waals surface area contributed by atoms with Gasteiger partial charge in [0.05, 0.1) is 0 Å². The fourth-order valence-corrected chi connectivity index (χ4v) is 3.02. The fourth-order valence-electron chi connectivity index (χ4n) is 3.02. The number of carbonyl (C=O) groups is 1. The summed E-state index contributed by atoms with van der Waals surface area (Å²) in [4.78, 5) is 11.0. The van der Waals surface area contributed by atoms with Crippen LogP contribution in [0.15, 0.2) is 0 Å². The first-order valence-corrected chi connectivity index (χ1v) is 6.10. The molecule has 2 rings (SSSR count). The Hall–Kier alpha value is -0.570. The van der Waals surface area contributed by atoms with Crippen LogP contribution in [0.5, 0.6) is 0 Å². The standard InChI is InChI=1S/C12H21NO2/c1-8-12(15-9(2)14)7-10-5-3-4-6-11(10)13-8/h8,10-13H,3-7H2,1-2H3/t8-,10+,11+,12-/m0/s1. The molecule has 2 aliphatic rings. The quantitative estimate of drug-likeness (QED) is 0.673. The van der Waals surface area contributed by atoms with Crippen LogP contribution in [0.1, 0.15) is 46.0 Å². The second kappa shape index (κ2) is 4.52. The first kappa shape index (κ1) is 10.9. The second-order valence-corrected chi connectivity index (χ2v) is 4.99. The van der Waals surface area contributed by atoms with Crippen molar-refractivity contribution < 1.29 is 9.53 Å². The zero-order valence-electron chi connectivity index (χ0n) is 9.66. The van der Waals surface area contributed by atoms with Gasteiger partial charge >= 0.3 is 5.97 Å². The van der Waals surface area contributed by atoms with Crippen LogP contribution >= 0.6 is 0 Å². The van der Waals surface area contributed by atoms with Gasteiger partial charge in [-0.2, -0.15) is 0 Å². The lowest BCUT2D eigenvalue weighted by molar-refractivity contribution is -0.150. The molecule has 0 amide bonds. The van der Waals surface area contributed by atoms with E-state index >= 15 is 0 Å². The summed E-state index contributed by atoms with van der Waals surface area (Å²) in [5.41, 5.74) is 0. The Kier molecular flexibility index (Phi) is 3.29. The van der Waals surface area contributed by atoms with E-state index in [1.165, 1.54) is 32.6 Å². The van der Waals surface area contributed by atoms with Crippen molar-refractivity contribution in [2.45, 2.75) is 64.1 Å². The second-order valence-electron chi connectivity index (χ2n) is 4.99. The zero-order valence-corrected chi connectivity index (χ0v) is 9.66. The predicted octanol–water partition coefficient (Wildman–Crippen LogP) is 1.86. The smallest absolute Gasteiger partial charge is 0.302 e. The normalized spacial score (nSPS) is 40.7. The molecule has 0 aromatic rings. The van der Waals surface area contributed by atoms with Crippen molar-refractivity contribution in [3.05, 3.63) is 0 Å². The number of piperidine rings is 1. The largest absolute Gasteiger partial charge is 0.461 e. The maximum Gasteiger partial charge on any atom is 0.302 e. The van der Waals surface area contributed by atoms with Gasteiger partial charge in [-0.05, 0) is 32.1 Å². The fraction of sp³-hybridized carbons (Fsp3) is 0.917. The van der Waals surface area contributed by atoms with Crippen molar-refractivity contribution in [1.82, 2.24) is 5.32 Å². The molecular formula is C12H21NO2. The number of hydrogen-bond donors (Lipinski definition) is 1. The highest BCUT2D eigenvalue weighted by atomic mass is 16.5. The third-order valence-corrected chi connectivity index (χ3v) is 3.80. The Morgan fingerprint density at radius 2 is 2.07 bits per heavy atom. The SMILES string of the molecule is CC(=O)O[C@H]1C[C@H]2CCCC[C@H]2N[C@H]1C. The Morgan fingerprint density at radius 3 is 2.80 bits per heavy atom. The molecule has 0 unspecified atom stereocenters. The third-order valence-electron chi connectivity index (χ3n) is 3.80. The highest BCUT2D eigenvalue weighted by molar-refractivity contribution is 5.66. The summed E-state index contributed by atoms with van der Waals surface area (Å²) < 4.78 is 5.35. The molecule has 3 heteroatoms. The number of rotatable bonds is 1. The molecule has 15 heavy (non-hydrogen) atoms. The van der Waals surface area contributed by atoms with Crippen LogP contribution < -0.4 is 5.32 Å². The van der Waals surface area contributed by atoms with Crippen LogP contribution in [0.3, 0.4) is 0 Å². The summed E-state index contributed by atoms with van der Waals surface area (Å²) in [6, 6.07) is 0.980.